The van der Waals surface area contributed by atoms with Gasteiger partial charge in [0.1, 0.15) is 0 Å². The summed E-state index contributed by atoms with van der Waals surface area (Å²) in [4.78, 5) is 6.63. The maximum Gasteiger partial charge on any atom is 0.240 e. The maximum absolute atomic E-state index is 5.43. The Hall–Kier alpha value is -0.300. The minimum atomic E-state index is 0. The van der Waals surface area contributed by atoms with Crippen molar-refractivity contribution in [3.8, 4) is 0 Å². The second-order valence-electron chi connectivity index (χ2n) is 4.10. The van der Waals surface area contributed by atoms with Crippen LogP contribution < -0.4 is 5.73 Å². The molecule has 2 heterocycles. The van der Waals surface area contributed by atoms with Gasteiger partial charge in [0.25, 0.3) is 0 Å². The van der Waals surface area contributed by atoms with E-state index in [1.807, 2.05) is 11.8 Å². The Morgan fingerprint density at radius 1 is 1.53 bits per heavy atom. The first-order valence-electron chi connectivity index (χ1n) is 5.58. The summed E-state index contributed by atoms with van der Waals surface area (Å²) in [6, 6.07) is 0.554. The van der Waals surface area contributed by atoms with Crippen molar-refractivity contribution in [1.29, 1.82) is 0 Å². The molecular formula is C10H19ClN4OS. The highest BCUT2D eigenvalue weighted by atomic mass is 35.5. The highest BCUT2D eigenvalue weighted by Crippen LogP contribution is 2.24. The van der Waals surface area contributed by atoms with E-state index in [4.69, 9.17) is 10.3 Å². The number of thioether (sulfide) groups is 1. The highest BCUT2D eigenvalue weighted by molar-refractivity contribution is 8.00. The Morgan fingerprint density at radius 2 is 2.29 bits per heavy atom. The van der Waals surface area contributed by atoms with E-state index in [0.717, 1.165) is 18.9 Å². The third-order valence-corrected chi connectivity index (χ3v) is 4.38. The molecule has 0 aromatic carbocycles. The summed E-state index contributed by atoms with van der Waals surface area (Å²) in [7, 11) is 0. The van der Waals surface area contributed by atoms with Gasteiger partial charge in [-0.1, -0.05) is 12.1 Å². The highest BCUT2D eigenvalue weighted by Gasteiger charge is 2.26. The molecule has 2 unspecified atom stereocenters. The summed E-state index contributed by atoms with van der Waals surface area (Å²) in [5.41, 5.74) is 5.43. The molecule has 17 heavy (non-hydrogen) atoms. The molecule has 5 nitrogen and oxygen atoms in total. The summed E-state index contributed by atoms with van der Waals surface area (Å²) in [6.07, 6.45) is 0. The fourth-order valence-electron chi connectivity index (χ4n) is 1.84. The van der Waals surface area contributed by atoms with Crippen LogP contribution in [0, 0.1) is 0 Å². The quantitative estimate of drug-likeness (QED) is 0.898. The number of rotatable bonds is 3. The van der Waals surface area contributed by atoms with Crippen molar-refractivity contribution in [3.05, 3.63) is 11.7 Å². The first kappa shape index (κ1) is 14.8. The lowest BCUT2D eigenvalue weighted by atomic mass is 10.2. The van der Waals surface area contributed by atoms with E-state index >= 15 is 0 Å². The monoisotopic (exact) mass is 278 g/mol. The molecule has 2 atom stereocenters. The Balaban J connectivity index is 0.00000144. The van der Waals surface area contributed by atoms with Gasteiger partial charge in [0.15, 0.2) is 5.82 Å². The second-order valence-corrected chi connectivity index (χ2v) is 5.58. The predicted octanol–water partition coefficient (Wildman–Crippen LogP) is 1.28. The van der Waals surface area contributed by atoms with Crippen LogP contribution in [0.3, 0.4) is 0 Å². The molecule has 0 amide bonds. The van der Waals surface area contributed by atoms with E-state index < -0.39 is 0 Å². The van der Waals surface area contributed by atoms with Crippen molar-refractivity contribution < 1.29 is 4.52 Å². The molecule has 1 aromatic rings. The normalized spacial score (nSPS) is 25.6. The van der Waals surface area contributed by atoms with Crippen LogP contribution in [0.2, 0.25) is 0 Å². The van der Waals surface area contributed by atoms with Crippen molar-refractivity contribution in [3.63, 3.8) is 0 Å². The van der Waals surface area contributed by atoms with Crippen LogP contribution in [0.5, 0.6) is 0 Å². The molecule has 1 aliphatic heterocycles. The van der Waals surface area contributed by atoms with Crippen LogP contribution in [-0.4, -0.2) is 38.6 Å². The van der Waals surface area contributed by atoms with Crippen LogP contribution in [0.25, 0.3) is 0 Å². The second kappa shape index (κ2) is 6.58. The molecule has 1 aromatic heterocycles. The molecule has 0 aliphatic carbocycles. The fourth-order valence-corrected chi connectivity index (χ4v) is 3.00. The molecule has 1 saturated heterocycles. The summed E-state index contributed by atoms with van der Waals surface area (Å²) < 4.78 is 5.00. The number of nitrogens with zero attached hydrogens (tertiary/aromatic N) is 3. The lowest BCUT2D eigenvalue weighted by molar-refractivity contribution is 0.197. The lowest BCUT2D eigenvalue weighted by Gasteiger charge is -2.36. The maximum atomic E-state index is 5.43. The Kier molecular flexibility index (Phi) is 5.72. The van der Waals surface area contributed by atoms with Gasteiger partial charge in [0, 0.05) is 23.6 Å². The molecule has 0 saturated carbocycles. The zero-order valence-electron chi connectivity index (χ0n) is 10.1. The van der Waals surface area contributed by atoms with Crippen LogP contribution in [0.4, 0.5) is 0 Å². The van der Waals surface area contributed by atoms with Gasteiger partial charge in [-0.05, 0) is 6.92 Å². The molecule has 1 aliphatic rings. The number of nitrogens with two attached hydrogens (primary N) is 1. The van der Waals surface area contributed by atoms with Crippen LogP contribution in [-0.2, 0) is 13.1 Å². The molecule has 0 radical (unpaired) electrons. The van der Waals surface area contributed by atoms with Crippen LogP contribution in [0.1, 0.15) is 25.6 Å². The third-order valence-electron chi connectivity index (χ3n) is 3.04. The molecule has 2 N–H and O–H groups in total. The van der Waals surface area contributed by atoms with Gasteiger partial charge < -0.3 is 10.3 Å². The SMILES string of the molecule is CC1SCCN(Cc2noc(CN)n2)C1C.Cl. The smallest absolute Gasteiger partial charge is 0.240 e. The van der Waals surface area contributed by atoms with E-state index in [9.17, 15) is 0 Å². The molecular weight excluding hydrogens is 260 g/mol. The van der Waals surface area contributed by atoms with Gasteiger partial charge in [-0.25, -0.2) is 0 Å². The fraction of sp³-hybridized carbons (Fsp3) is 0.800. The Bertz CT molecular complexity index is 349. The van der Waals surface area contributed by atoms with E-state index in [1.54, 1.807) is 0 Å². The molecule has 1 fully saturated rings. The topological polar surface area (TPSA) is 68.2 Å². The Labute approximate surface area is 112 Å². The summed E-state index contributed by atoms with van der Waals surface area (Å²) in [5.74, 6) is 2.43. The average Bonchev–Trinajstić information content (AvgIpc) is 2.73. The van der Waals surface area contributed by atoms with E-state index in [0.29, 0.717) is 23.7 Å². The van der Waals surface area contributed by atoms with Gasteiger partial charge in [-0.2, -0.15) is 16.7 Å². The number of halogens is 1. The zero-order valence-corrected chi connectivity index (χ0v) is 11.8. The molecule has 2 rings (SSSR count). The van der Waals surface area contributed by atoms with Crippen LogP contribution in [0.15, 0.2) is 4.52 Å². The molecule has 7 heteroatoms. The molecule has 0 spiro atoms. The first-order chi connectivity index (χ1) is 7.70. The predicted molar refractivity (Wildman–Crippen MR) is 71.2 cm³/mol. The molecule has 98 valence electrons. The first-order valence-corrected chi connectivity index (χ1v) is 6.62. The lowest BCUT2D eigenvalue weighted by Crippen LogP contribution is -2.44. The van der Waals surface area contributed by atoms with Gasteiger partial charge in [0.05, 0.1) is 13.1 Å². The number of hydrogen-bond donors (Lipinski definition) is 1. The minimum absolute atomic E-state index is 0. The standard InChI is InChI=1S/C10H18N4OS.ClH/c1-7-8(2)16-4-3-14(7)6-9-12-10(5-11)15-13-9;/h7-8H,3-6,11H2,1-2H3;1H. The van der Waals surface area contributed by atoms with Crippen LogP contribution >= 0.6 is 24.2 Å². The minimum Gasteiger partial charge on any atom is -0.338 e. The van der Waals surface area contributed by atoms with Gasteiger partial charge in [-0.3, -0.25) is 4.90 Å². The Morgan fingerprint density at radius 3 is 2.94 bits per heavy atom. The van der Waals surface area contributed by atoms with Gasteiger partial charge in [-0.15, -0.1) is 12.4 Å². The van der Waals surface area contributed by atoms with Gasteiger partial charge in [0.2, 0.25) is 5.89 Å². The summed E-state index contributed by atoms with van der Waals surface area (Å²) in [6.45, 7) is 6.68. The van der Waals surface area contributed by atoms with E-state index in [-0.39, 0.29) is 12.4 Å². The summed E-state index contributed by atoms with van der Waals surface area (Å²) in [5, 5.41) is 4.59. The number of aromatic nitrogens is 2. The largest absolute Gasteiger partial charge is 0.338 e. The van der Waals surface area contributed by atoms with Crippen molar-refractivity contribution in [2.24, 2.45) is 5.73 Å². The van der Waals surface area contributed by atoms with E-state index in [2.05, 4.69) is 28.9 Å². The van der Waals surface area contributed by atoms with Crippen molar-refractivity contribution >= 4 is 24.2 Å². The zero-order chi connectivity index (χ0) is 11.5. The summed E-state index contributed by atoms with van der Waals surface area (Å²) >= 11 is 2.02. The number of hydrogen-bond acceptors (Lipinski definition) is 6. The van der Waals surface area contributed by atoms with E-state index in [1.165, 1.54) is 5.75 Å². The van der Waals surface area contributed by atoms with Crippen molar-refractivity contribution in [2.45, 2.75) is 38.2 Å². The van der Waals surface area contributed by atoms with Gasteiger partial charge >= 0.3 is 0 Å². The van der Waals surface area contributed by atoms with Crippen molar-refractivity contribution in [1.82, 2.24) is 15.0 Å². The third kappa shape index (κ3) is 3.58. The average molecular weight is 279 g/mol. The molecule has 0 bridgehead atoms. The van der Waals surface area contributed by atoms with Crippen molar-refractivity contribution in [2.75, 3.05) is 12.3 Å².